The van der Waals surface area contributed by atoms with Crippen LogP contribution in [0.5, 0.6) is 0 Å². The molecular weight excluding hydrogens is 237 g/mol. The standard InChI is InChI=1S/C10H15F3N2O2/c1-17-9(16)2-3-14-4-6-15(7-5-14)8-10(11,12)13/h2-3H,4-8H2,1H3. The lowest BCUT2D eigenvalue weighted by Crippen LogP contribution is -2.47. The summed E-state index contributed by atoms with van der Waals surface area (Å²) in [5.41, 5.74) is 0. The van der Waals surface area contributed by atoms with Crippen molar-refractivity contribution < 1.29 is 22.7 Å². The fraction of sp³-hybridized carbons (Fsp3) is 0.700. The lowest BCUT2D eigenvalue weighted by Gasteiger charge is -2.34. The highest BCUT2D eigenvalue weighted by Gasteiger charge is 2.31. The summed E-state index contributed by atoms with van der Waals surface area (Å²) in [4.78, 5) is 14.0. The first kappa shape index (κ1) is 13.8. The van der Waals surface area contributed by atoms with Crippen LogP contribution in [-0.2, 0) is 9.53 Å². The Hall–Kier alpha value is -1.24. The van der Waals surface area contributed by atoms with E-state index in [9.17, 15) is 18.0 Å². The highest BCUT2D eigenvalue weighted by Crippen LogP contribution is 2.17. The van der Waals surface area contributed by atoms with Gasteiger partial charge in [-0.3, -0.25) is 4.90 Å². The summed E-state index contributed by atoms with van der Waals surface area (Å²) < 4.78 is 40.7. The van der Waals surface area contributed by atoms with Crippen molar-refractivity contribution >= 4 is 5.97 Å². The van der Waals surface area contributed by atoms with Gasteiger partial charge in [0.1, 0.15) is 0 Å². The van der Waals surface area contributed by atoms with Gasteiger partial charge in [0.2, 0.25) is 0 Å². The van der Waals surface area contributed by atoms with Crippen molar-refractivity contribution in [2.45, 2.75) is 6.18 Å². The van der Waals surface area contributed by atoms with Gasteiger partial charge in [0.05, 0.1) is 13.7 Å². The van der Waals surface area contributed by atoms with Gasteiger partial charge in [0, 0.05) is 38.5 Å². The molecule has 0 aromatic heterocycles. The molecule has 0 aromatic carbocycles. The first-order valence-corrected chi connectivity index (χ1v) is 5.20. The summed E-state index contributed by atoms with van der Waals surface area (Å²) in [6.45, 7) is 0.755. The fourth-order valence-electron chi connectivity index (χ4n) is 1.56. The van der Waals surface area contributed by atoms with Gasteiger partial charge in [0.15, 0.2) is 0 Å². The molecule has 7 heteroatoms. The van der Waals surface area contributed by atoms with Crippen LogP contribution in [0.2, 0.25) is 0 Å². The molecule has 0 N–H and O–H groups in total. The summed E-state index contributed by atoms with van der Waals surface area (Å²) in [6.07, 6.45) is -1.33. The molecule has 1 aliphatic rings. The molecule has 0 unspecified atom stereocenters. The summed E-state index contributed by atoms with van der Waals surface area (Å²) in [5.74, 6) is -0.470. The number of hydrogen-bond acceptors (Lipinski definition) is 4. The molecule has 0 saturated carbocycles. The van der Waals surface area contributed by atoms with Gasteiger partial charge >= 0.3 is 12.1 Å². The van der Waals surface area contributed by atoms with E-state index in [1.54, 1.807) is 11.1 Å². The Morgan fingerprint density at radius 3 is 2.35 bits per heavy atom. The molecule has 0 aromatic rings. The van der Waals surface area contributed by atoms with E-state index in [1.165, 1.54) is 18.1 Å². The van der Waals surface area contributed by atoms with E-state index in [2.05, 4.69) is 4.74 Å². The molecule has 98 valence electrons. The maximum atomic E-state index is 12.1. The number of ether oxygens (including phenoxy) is 1. The quantitative estimate of drug-likeness (QED) is 0.551. The third-order valence-electron chi connectivity index (χ3n) is 2.43. The van der Waals surface area contributed by atoms with Crippen molar-refractivity contribution in [1.29, 1.82) is 0 Å². The summed E-state index contributed by atoms with van der Waals surface area (Å²) in [6, 6.07) is 0. The zero-order chi connectivity index (χ0) is 12.9. The second kappa shape index (κ2) is 5.90. The van der Waals surface area contributed by atoms with E-state index in [4.69, 9.17) is 0 Å². The van der Waals surface area contributed by atoms with Gasteiger partial charge in [-0.15, -0.1) is 0 Å². The highest BCUT2D eigenvalue weighted by atomic mass is 19.4. The molecule has 1 fully saturated rings. The van der Waals surface area contributed by atoms with Gasteiger partial charge in [-0.1, -0.05) is 0 Å². The van der Waals surface area contributed by atoms with E-state index in [1.807, 2.05) is 0 Å². The Morgan fingerprint density at radius 1 is 1.29 bits per heavy atom. The van der Waals surface area contributed by atoms with Crippen molar-refractivity contribution in [2.75, 3.05) is 39.8 Å². The first-order chi connectivity index (χ1) is 7.90. The number of hydrogen-bond donors (Lipinski definition) is 0. The minimum atomic E-state index is -4.15. The number of piperazine rings is 1. The van der Waals surface area contributed by atoms with Crippen LogP contribution in [0, 0.1) is 0 Å². The van der Waals surface area contributed by atoms with Gasteiger partial charge < -0.3 is 9.64 Å². The second-order valence-corrected chi connectivity index (χ2v) is 3.77. The summed E-state index contributed by atoms with van der Waals surface area (Å²) in [5, 5.41) is 0. The predicted molar refractivity (Wildman–Crippen MR) is 55.2 cm³/mol. The van der Waals surface area contributed by atoms with E-state index >= 15 is 0 Å². The largest absolute Gasteiger partial charge is 0.466 e. The molecule has 0 amide bonds. The number of nitrogens with zero attached hydrogens (tertiary/aromatic N) is 2. The van der Waals surface area contributed by atoms with Crippen LogP contribution in [0.4, 0.5) is 13.2 Å². The van der Waals surface area contributed by atoms with Crippen molar-refractivity contribution in [3.63, 3.8) is 0 Å². The minimum Gasteiger partial charge on any atom is -0.466 e. The molecule has 1 aliphatic heterocycles. The molecule has 0 atom stereocenters. The molecule has 0 bridgehead atoms. The fourth-order valence-corrected chi connectivity index (χ4v) is 1.56. The number of carbonyl (C=O) groups is 1. The average Bonchev–Trinajstić information content (AvgIpc) is 2.25. The smallest absolute Gasteiger partial charge is 0.401 e. The molecule has 4 nitrogen and oxygen atoms in total. The Balaban J connectivity index is 2.31. The molecule has 1 rings (SSSR count). The van der Waals surface area contributed by atoms with E-state index in [0.717, 1.165) is 0 Å². The van der Waals surface area contributed by atoms with E-state index < -0.39 is 18.7 Å². The van der Waals surface area contributed by atoms with Crippen molar-refractivity contribution in [3.05, 3.63) is 12.3 Å². The second-order valence-electron chi connectivity index (χ2n) is 3.77. The number of alkyl halides is 3. The van der Waals surface area contributed by atoms with Crippen LogP contribution in [-0.4, -0.2) is 61.8 Å². The van der Waals surface area contributed by atoms with Crippen LogP contribution in [0.25, 0.3) is 0 Å². The van der Waals surface area contributed by atoms with Crippen LogP contribution in [0.15, 0.2) is 12.3 Å². The van der Waals surface area contributed by atoms with Crippen LogP contribution in [0.1, 0.15) is 0 Å². The van der Waals surface area contributed by atoms with Crippen molar-refractivity contribution in [1.82, 2.24) is 9.80 Å². The van der Waals surface area contributed by atoms with Crippen LogP contribution in [0.3, 0.4) is 0 Å². The zero-order valence-electron chi connectivity index (χ0n) is 9.54. The minimum absolute atomic E-state index is 0.338. The maximum Gasteiger partial charge on any atom is 0.401 e. The average molecular weight is 252 g/mol. The van der Waals surface area contributed by atoms with E-state index in [-0.39, 0.29) is 0 Å². The Bertz CT molecular complexity index is 284. The number of carbonyl (C=O) groups excluding carboxylic acids is 1. The number of halogens is 3. The maximum absolute atomic E-state index is 12.1. The lowest BCUT2D eigenvalue weighted by atomic mass is 10.3. The predicted octanol–water partition coefficient (Wildman–Crippen LogP) is 0.853. The summed E-state index contributed by atoms with van der Waals surface area (Å²) in [7, 11) is 1.27. The van der Waals surface area contributed by atoms with Gasteiger partial charge in [-0.25, -0.2) is 4.79 Å². The highest BCUT2D eigenvalue weighted by molar-refractivity contribution is 5.81. The Morgan fingerprint density at radius 2 is 1.88 bits per heavy atom. The molecule has 1 saturated heterocycles. The monoisotopic (exact) mass is 252 g/mol. The van der Waals surface area contributed by atoms with Gasteiger partial charge in [-0.2, -0.15) is 13.2 Å². The van der Waals surface area contributed by atoms with Crippen LogP contribution >= 0.6 is 0 Å². The topological polar surface area (TPSA) is 32.8 Å². The van der Waals surface area contributed by atoms with Crippen molar-refractivity contribution in [3.8, 4) is 0 Å². The SMILES string of the molecule is COC(=O)C=CN1CCN(CC(F)(F)F)CC1. The Kier molecular flexibility index (Phi) is 4.80. The number of esters is 1. The molecular formula is C10H15F3N2O2. The third kappa shape index (κ3) is 5.58. The molecule has 17 heavy (non-hydrogen) atoms. The van der Waals surface area contributed by atoms with Crippen molar-refractivity contribution in [2.24, 2.45) is 0 Å². The molecule has 0 radical (unpaired) electrons. The summed E-state index contributed by atoms with van der Waals surface area (Å²) >= 11 is 0. The number of rotatable bonds is 3. The zero-order valence-corrected chi connectivity index (χ0v) is 9.54. The van der Waals surface area contributed by atoms with Gasteiger partial charge in [0.25, 0.3) is 0 Å². The van der Waals surface area contributed by atoms with Gasteiger partial charge in [-0.05, 0) is 0 Å². The normalized spacial score (nSPS) is 18.7. The van der Waals surface area contributed by atoms with Crippen LogP contribution < -0.4 is 0 Å². The molecule has 0 spiro atoms. The molecule has 0 aliphatic carbocycles. The van der Waals surface area contributed by atoms with E-state index in [0.29, 0.717) is 26.2 Å². The molecule has 1 heterocycles. The number of methoxy groups -OCH3 is 1. The third-order valence-corrected chi connectivity index (χ3v) is 2.43. The lowest BCUT2D eigenvalue weighted by molar-refractivity contribution is -0.148. The Labute approximate surface area is 97.6 Å². The first-order valence-electron chi connectivity index (χ1n) is 5.20.